The number of Topliss-reactive ketones (excluding diaryl/α,β-unsaturated/α-hetero) is 2. The van der Waals surface area contributed by atoms with Gasteiger partial charge in [-0.15, -0.1) is 0 Å². The highest BCUT2D eigenvalue weighted by molar-refractivity contribution is 6.51. The van der Waals surface area contributed by atoms with Crippen LogP contribution in [-0.4, -0.2) is 68.9 Å². The minimum absolute atomic E-state index is 0.00274. The molecular weight excluding hydrogens is 394 g/mol. The quantitative estimate of drug-likeness (QED) is 0.594. The molecule has 0 bridgehead atoms. The second-order valence-electron chi connectivity index (χ2n) is 6.11. The Hall–Kier alpha value is -3.53. The third kappa shape index (κ3) is 4.08. The van der Waals surface area contributed by atoms with Gasteiger partial charge in [-0.05, 0) is 6.07 Å². The summed E-state index contributed by atoms with van der Waals surface area (Å²) < 4.78 is 26.1. The number of hydrogen-bond acceptors (Lipinski definition) is 10. The Morgan fingerprint density at radius 3 is 2.37 bits per heavy atom. The second kappa shape index (κ2) is 9.31. The average molecular weight is 415 g/mol. The van der Waals surface area contributed by atoms with Crippen molar-refractivity contribution in [1.82, 2.24) is 9.97 Å². The highest BCUT2D eigenvalue weighted by atomic mass is 16.5. The van der Waals surface area contributed by atoms with E-state index in [-0.39, 0.29) is 29.5 Å². The van der Waals surface area contributed by atoms with E-state index in [4.69, 9.17) is 23.7 Å². The van der Waals surface area contributed by atoms with Crippen molar-refractivity contribution in [3.05, 3.63) is 30.0 Å². The smallest absolute Gasteiger partial charge is 0.246 e. The first-order valence-electron chi connectivity index (χ1n) is 8.96. The molecule has 10 nitrogen and oxygen atoms in total. The average Bonchev–Trinajstić information content (AvgIpc) is 2.75. The van der Waals surface area contributed by atoms with E-state index in [1.54, 1.807) is 19.2 Å². The predicted molar refractivity (Wildman–Crippen MR) is 106 cm³/mol. The summed E-state index contributed by atoms with van der Waals surface area (Å²) in [6.45, 7) is 0.752. The van der Waals surface area contributed by atoms with Crippen LogP contribution in [-0.2, 0) is 23.8 Å². The van der Waals surface area contributed by atoms with Crippen molar-refractivity contribution in [2.45, 2.75) is 6.42 Å². The number of aliphatic imine (C=N–C) groups is 1. The number of rotatable bonds is 8. The fourth-order valence-corrected chi connectivity index (χ4v) is 2.93. The fourth-order valence-electron chi connectivity index (χ4n) is 2.93. The molecule has 1 heterocycles. The van der Waals surface area contributed by atoms with Gasteiger partial charge in [-0.3, -0.25) is 9.59 Å². The number of fused-ring (bicyclic) bond motifs is 1. The van der Waals surface area contributed by atoms with Crippen molar-refractivity contribution in [2.75, 3.05) is 41.7 Å². The zero-order chi connectivity index (χ0) is 21.7. The summed E-state index contributed by atoms with van der Waals surface area (Å²) in [6, 6.07) is 3.35. The first-order chi connectivity index (χ1) is 14.5. The van der Waals surface area contributed by atoms with Crippen LogP contribution in [0.25, 0.3) is 10.9 Å². The number of ether oxygens (including phenoxy) is 5. The lowest BCUT2D eigenvalue weighted by atomic mass is 9.99. The molecule has 0 saturated heterocycles. The molecule has 0 fully saturated rings. The number of carbonyl (C=O) groups excluding carboxylic acids is 2. The molecule has 0 amide bonds. The van der Waals surface area contributed by atoms with Gasteiger partial charge in [-0.1, -0.05) is 0 Å². The van der Waals surface area contributed by atoms with E-state index in [1.165, 1.54) is 27.7 Å². The molecule has 1 aromatic heterocycles. The van der Waals surface area contributed by atoms with Crippen molar-refractivity contribution in [1.29, 1.82) is 0 Å². The first-order valence-corrected chi connectivity index (χ1v) is 8.96. The molecule has 0 spiro atoms. The van der Waals surface area contributed by atoms with E-state index in [0.29, 0.717) is 35.6 Å². The summed E-state index contributed by atoms with van der Waals surface area (Å²) in [7, 11) is 5.68. The van der Waals surface area contributed by atoms with Crippen LogP contribution >= 0.6 is 0 Å². The van der Waals surface area contributed by atoms with Crippen LogP contribution in [0.2, 0.25) is 0 Å². The molecule has 158 valence electrons. The Morgan fingerprint density at radius 1 is 0.933 bits per heavy atom. The maximum absolute atomic E-state index is 12.7. The summed E-state index contributed by atoms with van der Waals surface area (Å²) in [5, 5.41) is 0.529. The summed E-state index contributed by atoms with van der Waals surface area (Å²) >= 11 is 0. The Balaban J connectivity index is 2.05. The molecule has 0 aliphatic heterocycles. The van der Waals surface area contributed by atoms with Gasteiger partial charge in [-0.25, -0.2) is 15.0 Å². The summed E-state index contributed by atoms with van der Waals surface area (Å²) in [5.41, 5.74) is 0.532. The number of allylic oxidation sites excluding steroid dienone is 2. The van der Waals surface area contributed by atoms with Gasteiger partial charge in [0.2, 0.25) is 23.1 Å². The normalized spacial score (nSPS) is 15.7. The molecule has 0 radical (unpaired) electrons. The number of benzene rings is 1. The summed E-state index contributed by atoms with van der Waals surface area (Å²) in [4.78, 5) is 37.7. The third-order valence-electron chi connectivity index (χ3n) is 4.35. The van der Waals surface area contributed by atoms with Crippen molar-refractivity contribution in [3.8, 4) is 11.5 Å². The molecule has 1 aliphatic rings. The lowest BCUT2D eigenvalue weighted by Gasteiger charge is -2.17. The monoisotopic (exact) mass is 415 g/mol. The molecule has 3 rings (SSSR count). The highest BCUT2D eigenvalue weighted by Gasteiger charge is 2.34. The Bertz CT molecular complexity index is 1050. The second-order valence-corrected chi connectivity index (χ2v) is 6.11. The van der Waals surface area contributed by atoms with E-state index in [0.717, 1.165) is 0 Å². The van der Waals surface area contributed by atoms with Gasteiger partial charge < -0.3 is 23.7 Å². The number of nitrogens with zero attached hydrogens (tertiary/aromatic N) is 3. The van der Waals surface area contributed by atoms with Gasteiger partial charge >= 0.3 is 0 Å². The van der Waals surface area contributed by atoms with Gasteiger partial charge in [0, 0.05) is 18.6 Å². The van der Waals surface area contributed by atoms with Crippen LogP contribution in [0.1, 0.15) is 6.42 Å². The Kier molecular flexibility index (Phi) is 6.58. The minimum atomic E-state index is -0.535. The van der Waals surface area contributed by atoms with Gasteiger partial charge in [0.25, 0.3) is 0 Å². The molecule has 0 saturated carbocycles. The summed E-state index contributed by atoms with van der Waals surface area (Å²) in [5.74, 6) is -0.0951. The molecular formula is C20H21N3O7. The van der Waals surface area contributed by atoms with Crippen LogP contribution < -0.4 is 9.47 Å². The Labute approximate surface area is 172 Å². The lowest BCUT2D eigenvalue weighted by Crippen LogP contribution is -2.30. The molecule has 10 heteroatoms. The first kappa shape index (κ1) is 21.2. The molecule has 2 aromatic rings. The van der Waals surface area contributed by atoms with Crippen LogP contribution in [0.3, 0.4) is 0 Å². The van der Waals surface area contributed by atoms with Crippen molar-refractivity contribution < 1.29 is 33.3 Å². The summed E-state index contributed by atoms with van der Waals surface area (Å²) in [6.07, 6.45) is 1.09. The van der Waals surface area contributed by atoms with E-state index in [9.17, 15) is 9.59 Å². The van der Waals surface area contributed by atoms with Crippen LogP contribution in [0.15, 0.2) is 35.0 Å². The largest absolute Gasteiger partial charge is 0.493 e. The van der Waals surface area contributed by atoms with E-state index >= 15 is 0 Å². The lowest BCUT2D eigenvalue weighted by molar-refractivity contribution is -0.121. The number of hydrogen-bond donors (Lipinski definition) is 0. The van der Waals surface area contributed by atoms with Crippen molar-refractivity contribution >= 4 is 34.0 Å². The predicted octanol–water partition coefficient (Wildman–Crippen LogP) is 1.78. The van der Waals surface area contributed by atoms with Gasteiger partial charge in [0.15, 0.2) is 17.3 Å². The molecule has 30 heavy (non-hydrogen) atoms. The molecule has 1 aliphatic carbocycles. The number of aromatic nitrogens is 2. The van der Waals surface area contributed by atoms with Crippen LogP contribution in [0.5, 0.6) is 11.5 Å². The zero-order valence-electron chi connectivity index (χ0n) is 17.1. The van der Waals surface area contributed by atoms with E-state index in [1.807, 2.05) is 0 Å². The van der Waals surface area contributed by atoms with Gasteiger partial charge in [-0.2, -0.15) is 0 Å². The Morgan fingerprint density at radius 2 is 1.70 bits per heavy atom. The zero-order valence-corrected chi connectivity index (χ0v) is 17.1. The van der Waals surface area contributed by atoms with Crippen molar-refractivity contribution in [3.63, 3.8) is 0 Å². The third-order valence-corrected chi connectivity index (χ3v) is 4.35. The highest BCUT2D eigenvalue weighted by Crippen LogP contribution is 2.35. The molecule has 0 atom stereocenters. The van der Waals surface area contributed by atoms with Crippen molar-refractivity contribution in [2.24, 2.45) is 4.99 Å². The number of carbonyl (C=O) groups is 2. The molecule has 1 aromatic carbocycles. The maximum atomic E-state index is 12.7. The number of methoxy groups -OCH3 is 4. The van der Waals surface area contributed by atoms with E-state index in [2.05, 4.69) is 15.0 Å². The maximum Gasteiger partial charge on any atom is 0.246 e. The minimum Gasteiger partial charge on any atom is -0.493 e. The topological polar surface area (TPSA) is 118 Å². The standard InChI is InChI=1S/C20H21N3O7/c1-26-5-6-30-16-9-12-11(7-15(16)27-2)20(22-10-21-12)23-13-8-14(24)18(28-3)19(29-4)17(13)25/h7,9-10H,5-6,8H2,1-4H3. The fraction of sp³-hybridized carbons (Fsp3) is 0.350. The molecule has 0 N–H and O–H groups in total. The molecule has 0 unspecified atom stereocenters. The van der Waals surface area contributed by atoms with Gasteiger partial charge in [0.05, 0.1) is 39.9 Å². The van der Waals surface area contributed by atoms with Crippen LogP contribution in [0.4, 0.5) is 5.82 Å². The number of ketones is 2. The van der Waals surface area contributed by atoms with E-state index < -0.39 is 11.6 Å². The van der Waals surface area contributed by atoms with Gasteiger partial charge in [0.1, 0.15) is 18.6 Å². The SMILES string of the molecule is COCCOc1cc2ncnc(N=C3CC(=O)C(OC)=C(OC)C3=O)c2cc1OC. The van der Waals surface area contributed by atoms with Crippen LogP contribution in [0, 0.1) is 0 Å².